The molecule has 0 fully saturated rings. The Morgan fingerprint density at radius 1 is 1.62 bits per heavy atom. The first kappa shape index (κ1) is 12.0. The predicted octanol–water partition coefficient (Wildman–Crippen LogP) is 0.957. The lowest BCUT2D eigenvalue weighted by atomic mass is 10.1. The molecule has 0 radical (unpaired) electrons. The molecule has 5 heteroatoms. The zero-order valence-corrected chi connectivity index (χ0v) is 8.84. The monoisotopic (exact) mass is 223 g/mol. The van der Waals surface area contributed by atoms with Gasteiger partial charge in [0.2, 0.25) is 6.41 Å². The van der Waals surface area contributed by atoms with Gasteiger partial charge in [-0.25, -0.2) is 4.79 Å². The number of hydrogen-bond acceptors (Lipinski definition) is 3. The minimum Gasteiger partial charge on any atom is -0.494 e. The average molecular weight is 223 g/mol. The topological polar surface area (TPSA) is 75.6 Å². The van der Waals surface area contributed by atoms with Crippen LogP contribution in [-0.2, 0) is 9.59 Å². The van der Waals surface area contributed by atoms with E-state index in [-0.39, 0.29) is 0 Å². The molecule has 0 aromatic heterocycles. The van der Waals surface area contributed by atoms with Crippen LogP contribution in [0.2, 0.25) is 0 Å². The summed E-state index contributed by atoms with van der Waals surface area (Å²) in [5.41, 5.74) is 0.477. The van der Waals surface area contributed by atoms with Gasteiger partial charge in [0.15, 0.2) is 6.04 Å². The smallest absolute Gasteiger partial charge is 0.330 e. The van der Waals surface area contributed by atoms with Gasteiger partial charge >= 0.3 is 5.97 Å². The summed E-state index contributed by atoms with van der Waals surface area (Å²) in [6.07, 6.45) is 0.367. The van der Waals surface area contributed by atoms with Crippen LogP contribution in [0.4, 0.5) is 0 Å². The Balaban J connectivity index is 2.94. The summed E-state index contributed by atoms with van der Waals surface area (Å²) in [4.78, 5) is 21.2. The van der Waals surface area contributed by atoms with Crippen molar-refractivity contribution >= 4 is 12.4 Å². The number of carbonyl (C=O) groups excluding carboxylic acids is 1. The number of amides is 1. The number of ether oxygens (including phenoxy) is 1. The van der Waals surface area contributed by atoms with Gasteiger partial charge in [-0.2, -0.15) is 0 Å². The minimum absolute atomic E-state index is 0.367. The zero-order valence-electron chi connectivity index (χ0n) is 8.84. The Kier molecular flexibility index (Phi) is 4.32. The van der Waals surface area contributed by atoms with Gasteiger partial charge in [-0.3, -0.25) is 4.79 Å². The third-order valence-corrected chi connectivity index (χ3v) is 1.98. The minimum atomic E-state index is -1.11. The third kappa shape index (κ3) is 2.98. The first-order valence-corrected chi connectivity index (χ1v) is 4.84. The fraction of sp³-hybridized carbons (Fsp3) is 0.273. The van der Waals surface area contributed by atoms with Crippen molar-refractivity contribution in [3.63, 3.8) is 0 Å². The molecule has 0 bridgehead atoms. The number of carbonyl (C=O) groups is 2. The Morgan fingerprint density at radius 2 is 2.38 bits per heavy atom. The molecule has 5 nitrogen and oxygen atoms in total. The van der Waals surface area contributed by atoms with E-state index in [9.17, 15) is 9.59 Å². The van der Waals surface area contributed by atoms with E-state index in [4.69, 9.17) is 9.84 Å². The summed E-state index contributed by atoms with van der Waals surface area (Å²) in [6.45, 7) is 2.34. The van der Waals surface area contributed by atoms with E-state index in [1.54, 1.807) is 24.3 Å². The molecule has 0 saturated heterocycles. The van der Waals surface area contributed by atoms with E-state index < -0.39 is 12.0 Å². The van der Waals surface area contributed by atoms with E-state index in [0.29, 0.717) is 24.3 Å². The molecular weight excluding hydrogens is 210 g/mol. The Morgan fingerprint density at radius 3 is 2.94 bits per heavy atom. The van der Waals surface area contributed by atoms with Gasteiger partial charge in [-0.1, -0.05) is 12.1 Å². The van der Waals surface area contributed by atoms with Crippen molar-refractivity contribution in [2.24, 2.45) is 0 Å². The fourth-order valence-corrected chi connectivity index (χ4v) is 1.33. The Bertz CT molecular complexity index is 378. The van der Waals surface area contributed by atoms with Gasteiger partial charge in [-0.15, -0.1) is 0 Å². The molecule has 1 rings (SSSR count). The SMILES string of the molecule is CCOc1cccc(C(NC=O)C(=O)O)c1. The molecule has 1 atom stereocenters. The van der Waals surface area contributed by atoms with E-state index in [2.05, 4.69) is 5.32 Å². The normalized spacial score (nSPS) is 11.6. The summed E-state index contributed by atoms with van der Waals surface area (Å²) in [7, 11) is 0. The lowest BCUT2D eigenvalue weighted by Gasteiger charge is -2.12. The molecule has 1 aromatic carbocycles. The second kappa shape index (κ2) is 5.75. The number of hydrogen-bond donors (Lipinski definition) is 2. The summed E-state index contributed by atoms with van der Waals surface area (Å²) in [6, 6.07) is 5.59. The predicted molar refractivity (Wildman–Crippen MR) is 57.2 cm³/mol. The standard InChI is InChI=1S/C11H13NO4/c1-2-16-9-5-3-4-8(6-9)10(11(14)15)12-7-13/h3-7,10H,2H2,1H3,(H,12,13)(H,14,15). The molecule has 1 unspecified atom stereocenters. The second-order valence-electron chi connectivity index (χ2n) is 3.06. The van der Waals surface area contributed by atoms with Crippen molar-refractivity contribution in [3.8, 4) is 5.75 Å². The first-order valence-electron chi connectivity index (χ1n) is 4.84. The largest absolute Gasteiger partial charge is 0.494 e. The van der Waals surface area contributed by atoms with Gasteiger partial charge in [0.1, 0.15) is 5.75 Å². The average Bonchev–Trinajstić information content (AvgIpc) is 2.26. The first-order chi connectivity index (χ1) is 7.69. The number of carboxylic acid groups (broad SMARTS) is 1. The maximum Gasteiger partial charge on any atom is 0.330 e. The van der Waals surface area contributed by atoms with Crippen molar-refractivity contribution in [2.45, 2.75) is 13.0 Å². The van der Waals surface area contributed by atoms with Crippen LogP contribution in [0.3, 0.4) is 0 Å². The van der Waals surface area contributed by atoms with Crippen LogP contribution in [-0.4, -0.2) is 24.1 Å². The van der Waals surface area contributed by atoms with Gasteiger partial charge in [0.25, 0.3) is 0 Å². The zero-order chi connectivity index (χ0) is 12.0. The van der Waals surface area contributed by atoms with E-state index in [1.807, 2.05) is 6.92 Å². The van der Waals surface area contributed by atoms with E-state index in [1.165, 1.54) is 0 Å². The van der Waals surface area contributed by atoms with Crippen LogP contribution in [0.5, 0.6) is 5.75 Å². The van der Waals surface area contributed by atoms with Crippen LogP contribution < -0.4 is 10.1 Å². The number of nitrogens with one attached hydrogen (secondary N) is 1. The van der Waals surface area contributed by atoms with Crippen LogP contribution in [0.15, 0.2) is 24.3 Å². The molecular formula is C11H13NO4. The van der Waals surface area contributed by atoms with Crippen LogP contribution >= 0.6 is 0 Å². The van der Waals surface area contributed by atoms with Gasteiger partial charge in [0.05, 0.1) is 6.61 Å². The number of rotatable bonds is 6. The summed E-state index contributed by atoms with van der Waals surface area (Å²) >= 11 is 0. The highest BCUT2D eigenvalue weighted by Gasteiger charge is 2.18. The van der Waals surface area contributed by atoms with Gasteiger partial charge < -0.3 is 15.2 Å². The molecule has 0 heterocycles. The van der Waals surface area contributed by atoms with Crippen molar-refractivity contribution < 1.29 is 19.4 Å². The van der Waals surface area contributed by atoms with Gasteiger partial charge in [-0.05, 0) is 24.6 Å². The number of aliphatic carboxylic acids is 1. The maximum atomic E-state index is 10.9. The molecule has 1 amide bonds. The van der Waals surface area contributed by atoms with E-state index >= 15 is 0 Å². The second-order valence-corrected chi connectivity index (χ2v) is 3.06. The summed E-state index contributed by atoms with van der Waals surface area (Å²) in [5.74, 6) is -0.528. The molecule has 2 N–H and O–H groups in total. The number of carboxylic acids is 1. The molecule has 0 aliphatic rings. The lowest BCUT2D eigenvalue weighted by molar-refractivity contribution is -0.140. The summed E-state index contributed by atoms with van der Waals surface area (Å²) < 4.78 is 5.25. The van der Waals surface area contributed by atoms with Crippen molar-refractivity contribution in [1.29, 1.82) is 0 Å². The highest BCUT2D eigenvalue weighted by atomic mass is 16.5. The lowest BCUT2D eigenvalue weighted by Crippen LogP contribution is -2.27. The Hall–Kier alpha value is -2.04. The molecule has 0 aliphatic heterocycles. The van der Waals surface area contributed by atoms with Crippen molar-refractivity contribution in [2.75, 3.05) is 6.61 Å². The molecule has 0 aliphatic carbocycles. The van der Waals surface area contributed by atoms with Crippen LogP contribution in [0, 0.1) is 0 Å². The van der Waals surface area contributed by atoms with Crippen molar-refractivity contribution in [1.82, 2.24) is 5.32 Å². The highest BCUT2D eigenvalue weighted by molar-refractivity contribution is 5.78. The molecule has 0 spiro atoms. The molecule has 0 saturated carbocycles. The van der Waals surface area contributed by atoms with E-state index in [0.717, 1.165) is 0 Å². The summed E-state index contributed by atoms with van der Waals surface area (Å²) in [5, 5.41) is 11.1. The van der Waals surface area contributed by atoms with Crippen LogP contribution in [0.1, 0.15) is 18.5 Å². The third-order valence-electron chi connectivity index (χ3n) is 1.98. The highest BCUT2D eigenvalue weighted by Crippen LogP contribution is 2.19. The molecule has 86 valence electrons. The number of benzene rings is 1. The Labute approximate surface area is 93.0 Å². The molecule has 1 aromatic rings. The quantitative estimate of drug-likeness (QED) is 0.704. The van der Waals surface area contributed by atoms with Crippen LogP contribution in [0.25, 0.3) is 0 Å². The molecule has 16 heavy (non-hydrogen) atoms. The van der Waals surface area contributed by atoms with Crippen molar-refractivity contribution in [3.05, 3.63) is 29.8 Å². The maximum absolute atomic E-state index is 10.9. The van der Waals surface area contributed by atoms with Gasteiger partial charge in [0, 0.05) is 0 Å². The fourth-order valence-electron chi connectivity index (χ4n) is 1.33.